The number of benzene rings is 2. The van der Waals surface area contributed by atoms with Gasteiger partial charge in [0.25, 0.3) is 0 Å². The molecule has 162 valence electrons. The van der Waals surface area contributed by atoms with Crippen molar-refractivity contribution in [2.45, 2.75) is 32.4 Å². The highest BCUT2D eigenvalue weighted by Crippen LogP contribution is 2.37. The molecule has 0 radical (unpaired) electrons. The van der Waals surface area contributed by atoms with E-state index in [0.29, 0.717) is 17.2 Å². The van der Waals surface area contributed by atoms with Crippen LogP contribution in [0.15, 0.2) is 48.5 Å². The third-order valence-electron chi connectivity index (χ3n) is 5.57. The van der Waals surface area contributed by atoms with Crippen LogP contribution in [-0.2, 0) is 14.4 Å². The van der Waals surface area contributed by atoms with Crippen molar-refractivity contribution in [2.75, 3.05) is 18.2 Å². The molecular formula is C23H25N3O5. The summed E-state index contributed by atoms with van der Waals surface area (Å²) in [5, 5.41) is 5.64. The van der Waals surface area contributed by atoms with Crippen molar-refractivity contribution in [3.8, 4) is 11.5 Å². The van der Waals surface area contributed by atoms with Gasteiger partial charge in [0.2, 0.25) is 24.5 Å². The number of amides is 3. The Morgan fingerprint density at radius 2 is 1.77 bits per heavy atom. The van der Waals surface area contributed by atoms with Gasteiger partial charge in [0.15, 0.2) is 11.5 Å². The first kappa shape index (κ1) is 20.7. The van der Waals surface area contributed by atoms with Crippen molar-refractivity contribution in [2.24, 2.45) is 5.92 Å². The molecule has 4 rings (SSSR count). The molecule has 1 saturated heterocycles. The van der Waals surface area contributed by atoms with Crippen LogP contribution in [0.1, 0.15) is 31.9 Å². The molecule has 2 aliphatic rings. The van der Waals surface area contributed by atoms with Crippen LogP contribution in [0.25, 0.3) is 0 Å². The maximum absolute atomic E-state index is 12.7. The van der Waals surface area contributed by atoms with Crippen LogP contribution >= 0.6 is 0 Å². The Morgan fingerprint density at radius 1 is 1.03 bits per heavy atom. The Morgan fingerprint density at radius 3 is 2.55 bits per heavy atom. The maximum atomic E-state index is 12.7. The zero-order valence-corrected chi connectivity index (χ0v) is 17.5. The molecule has 2 aliphatic heterocycles. The number of nitrogens with zero attached hydrogens (tertiary/aromatic N) is 1. The van der Waals surface area contributed by atoms with Crippen LogP contribution in [0, 0.1) is 5.92 Å². The second-order valence-electron chi connectivity index (χ2n) is 7.81. The molecule has 3 amide bonds. The van der Waals surface area contributed by atoms with Crippen LogP contribution < -0.4 is 25.0 Å². The normalized spacial score (nSPS) is 19.1. The minimum absolute atomic E-state index is 0.0923. The summed E-state index contributed by atoms with van der Waals surface area (Å²) < 4.78 is 10.7. The SMILES string of the molecule is CC(NC(=O)C1CC(=O)N(c2ccc3c(c2)OCO3)C1)C(=O)NC(C)c1ccccc1. The maximum Gasteiger partial charge on any atom is 0.242 e. The van der Waals surface area contributed by atoms with Crippen molar-refractivity contribution in [1.29, 1.82) is 0 Å². The molecule has 0 saturated carbocycles. The molecule has 0 aliphatic carbocycles. The second-order valence-corrected chi connectivity index (χ2v) is 7.81. The largest absolute Gasteiger partial charge is 0.454 e. The highest BCUT2D eigenvalue weighted by atomic mass is 16.7. The van der Waals surface area contributed by atoms with E-state index in [1.54, 1.807) is 30.0 Å². The number of hydrogen-bond donors (Lipinski definition) is 2. The quantitative estimate of drug-likeness (QED) is 0.742. The predicted octanol–water partition coefficient (Wildman–Crippen LogP) is 2.15. The molecule has 2 aromatic carbocycles. The van der Waals surface area contributed by atoms with E-state index >= 15 is 0 Å². The summed E-state index contributed by atoms with van der Waals surface area (Å²) in [5.41, 5.74) is 1.64. The summed E-state index contributed by atoms with van der Waals surface area (Å²) in [5.74, 6) is -0.0490. The second kappa shape index (κ2) is 8.67. The lowest BCUT2D eigenvalue weighted by atomic mass is 10.1. The van der Waals surface area contributed by atoms with Crippen molar-refractivity contribution in [3.05, 3.63) is 54.1 Å². The first-order valence-corrected chi connectivity index (χ1v) is 10.3. The lowest BCUT2D eigenvalue weighted by Crippen LogP contribution is -2.47. The smallest absolute Gasteiger partial charge is 0.242 e. The first-order chi connectivity index (χ1) is 14.9. The number of carbonyl (C=O) groups excluding carboxylic acids is 3. The van der Waals surface area contributed by atoms with Crippen molar-refractivity contribution >= 4 is 23.4 Å². The molecule has 1 fully saturated rings. The Bertz CT molecular complexity index is 994. The van der Waals surface area contributed by atoms with Crippen LogP contribution in [0.2, 0.25) is 0 Å². The van der Waals surface area contributed by atoms with E-state index in [4.69, 9.17) is 9.47 Å². The van der Waals surface area contributed by atoms with Gasteiger partial charge in [0, 0.05) is 24.7 Å². The number of nitrogens with one attached hydrogen (secondary N) is 2. The minimum atomic E-state index is -0.714. The number of hydrogen-bond acceptors (Lipinski definition) is 5. The predicted molar refractivity (Wildman–Crippen MR) is 114 cm³/mol. The fourth-order valence-electron chi connectivity index (χ4n) is 3.75. The standard InChI is InChI=1S/C23H25N3O5/c1-14(16-6-4-3-5-7-16)24-22(28)15(2)25-23(29)17-10-21(27)26(12-17)18-8-9-19-20(11-18)31-13-30-19/h3-9,11,14-15,17H,10,12-13H2,1-2H3,(H,24,28)(H,25,29). The molecule has 0 aromatic heterocycles. The van der Waals surface area contributed by atoms with Gasteiger partial charge in [-0.15, -0.1) is 0 Å². The van der Waals surface area contributed by atoms with Gasteiger partial charge in [0.05, 0.1) is 12.0 Å². The minimum Gasteiger partial charge on any atom is -0.454 e. The molecule has 3 unspecified atom stereocenters. The van der Waals surface area contributed by atoms with Crippen molar-refractivity contribution in [1.82, 2.24) is 10.6 Å². The average molecular weight is 423 g/mol. The van der Waals surface area contributed by atoms with Gasteiger partial charge >= 0.3 is 0 Å². The zero-order valence-electron chi connectivity index (χ0n) is 17.5. The van der Waals surface area contributed by atoms with Crippen molar-refractivity contribution in [3.63, 3.8) is 0 Å². The van der Waals surface area contributed by atoms with Crippen molar-refractivity contribution < 1.29 is 23.9 Å². The van der Waals surface area contributed by atoms with Gasteiger partial charge < -0.3 is 25.0 Å². The molecule has 2 N–H and O–H groups in total. The molecule has 0 bridgehead atoms. The Hall–Kier alpha value is -3.55. The van der Waals surface area contributed by atoms with E-state index < -0.39 is 12.0 Å². The van der Waals surface area contributed by atoms with Gasteiger partial charge in [-0.1, -0.05) is 30.3 Å². The Balaban J connectivity index is 1.33. The number of rotatable bonds is 6. The van der Waals surface area contributed by atoms with E-state index in [1.807, 2.05) is 37.3 Å². The number of carbonyl (C=O) groups is 3. The first-order valence-electron chi connectivity index (χ1n) is 10.3. The van der Waals surface area contributed by atoms with E-state index in [9.17, 15) is 14.4 Å². The summed E-state index contributed by atoms with van der Waals surface area (Å²) in [6.45, 7) is 3.93. The van der Waals surface area contributed by atoms with Gasteiger partial charge in [0.1, 0.15) is 6.04 Å². The number of anilines is 1. The monoisotopic (exact) mass is 423 g/mol. The number of fused-ring (bicyclic) bond motifs is 1. The highest BCUT2D eigenvalue weighted by molar-refractivity contribution is 6.01. The topological polar surface area (TPSA) is 97.0 Å². The molecule has 2 heterocycles. The van der Waals surface area contributed by atoms with Gasteiger partial charge in [-0.25, -0.2) is 0 Å². The van der Waals surface area contributed by atoms with Crippen LogP contribution in [0.5, 0.6) is 11.5 Å². The van der Waals surface area contributed by atoms with E-state index in [-0.39, 0.29) is 43.5 Å². The van der Waals surface area contributed by atoms with Crippen LogP contribution in [0.4, 0.5) is 5.69 Å². The molecular weight excluding hydrogens is 398 g/mol. The zero-order chi connectivity index (χ0) is 22.0. The Labute approximate surface area is 180 Å². The van der Waals surface area contributed by atoms with E-state index in [2.05, 4.69) is 10.6 Å². The van der Waals surface area contributed by atoms with Gasteiger partial charge in [-0.2, -0.15) is 0 Å². The summed E-state index contributed by atoms with van der Waals surface area (Å²) in [6, 6.07) is 14.0. The summed E-state index contributed by atoms with van der Waals surface area (Å²) in [4.78, 5) is 39.3. The highest BCUT2D eigenvalue weighted by Gasteiger charge is 2.36. The summed E-state index contributed by atoms with van der Waals surface area (Å²) in [6.07, 6.45) is 0.0923. The van der Waals surface area contributed by atoms with Crippen LogP contribution in [0.3, 0.4) is 0 Å². The third-order valence-corrected chi connectivity index (χ3v) is 5.57. The molecule has 0 spiro atoms. The fraction of sp³-hybridized carbons (Fsp3) is 0.348. The van der Waals surface area contributed by atoms with Gasteiger partial charge in [-0.05, 0) is 31.5 Å². The molecule has 31 heavy (non-hydrogen) atoms. The Kier molecular flexibility index (Phi) is 5.79. The molecule has 3 atom stereocenters. The molecule has 8 nitrogen and oxygen atoms in total. The summed E-state index contributed by atoms with van der Waals surface area (Å²) >= 11 is 0. The summed E-state index contributed by atoms with van der Waals surface area (Å²) in [7, 11) is 0. The van der Waals surface area contributed by atoms with Crippen LogP contribution in [-0.4, -0.2) is 37.1 Å². The molecule has 8 heteroatoms. The lowest BCUT2D eigenvalue weighted by Gasteiger charge is -2.20. The third kappa shape index (κ3) is 4.47. The average Bonchev–Trinajstić information content (AvgIpc) is 3.40. The number of ether oxygens (including phenoxy) is 2. The van der Waals surface area contributed by atoms with E-state index in [1.165, 1.54) is 0 Å². The molecule has 2 aromatic rings. The van der Waals surface area contributed by atoms with Gasteiger partial charge in [-0.3, -0.25) is 14.4 Å². The fourth-order valence-corrected chi connectivity index (χ4v) is 3.75. The van der Waals surface area contributed by atoms with E-state index in [0.717, 1.165) is 5.56 Å². The lowest BCUT2D eigenvalue weighted by molar-refractivity contribution is -0.131.